The summed E-state index contributed by atoms with van der Waals surface area (Å²) in [5, 5.41) is 13.6. The van der Waals surface area contributed by atoms with Crippen molar-refractivity contribution in [2.24, 2.45) is 0 Å². The number of rotatable bonds is 11. The molecule has 4 amide bonds. The number of alkyl carbamates (subject to hydrolysis) is 1. The maximum absolute atomic E-state index is 14.5. The number of ether oxygens (including phenoxy) is 2. The molecular formula is C20H24F2N8O6. The lowest BCUT2D eigenvalue weighted by Crippen LogP contribution is -2.39. The number of cyclic esters (lactones) is 1. The van der Waals surface area contributed by atoms with Gasteiger partial charge in [0.05, 0.1) is 32.4 Å². The Balaban J connectivity index is 1.43. The van der Waals surface area contributed by atoms with Gasteiger partial charge in [0.25, 0.3) is 0 Å². The van der Waals surface area contributed by atoms with Crippen LogP contribution in [-0.2, 0) is 25.6 Å². The Labute approximate surface area is 203 Å². The molecule has 1 fully saturated rings. The van der Waals surface area contributed by atoms with Crippen LogP contribution in [0.2, 0.25) is 0 Å². The number of nitrogens with zero attached hydrogens (tertiary/aromatic N) is 4. The van der Waals surface area contributed by atoms with Gasteiger partial charge in [0.15, 0.2) is 11.6 Å². The number of anilines is 2. The molecule has 16 heteroatoms. The smallest absolute Gasteiger partial charge is 0.414 e. The van der Waals surface area contributed by atoms with Gasteiger partial charge in [-0.15, -0.1) is 0 Å². The number of carbonyl (C=O) groups excluding carboxylic acids is 4. The lowest BCUT2D eigenvalue weighted by atomic mass is 10.2. The third-order valence-corrected chi connectivity index (χ3v) is 4.84. The van der Waals surface area contributed by atoms with Crippen LogP contribution in [0.4, 0.5) is 29.7 Å². The summed E-state index contributed by atoms with van der Waals surface area (Å²) in [6.07, 6.45) is 0.379. The van der Waals surface area contributed by atoms with Crippen molar-refractivity contribution in [2.75, 3.05) is 50.1 Å². The van der Waals surface area contributed by atoms with E-state index in [1.165, 1.54) is 24.4 Å². The third kappa shape index (κ3) is 7.25. The first-order valence-electron chi connectivity index (χ1n) is 10.7. The van der Waals surface area contributed by atoms with Crippen molar-refractivity contribution in [1.29, 1.82) is 0 Å². The fourth-order valence-electron chi connectivity index (χ4n) is 3.14. The average molecular weight is 510 g/mol. The molecule has 194 valence electrons. The van der Waals surface area contributed by atoms with Crippen molar-refractivity contribution >= 4 is 35.4 Å². The van der Waals surface area contributed by atoms with Crippen LogP contribution in [-0.4, -0.2) is 84.7 Å². The number of benzene rings is 1. The number of aromatic nitrogens is 3. The summed E-state index contributed by atoms with van der Waals surface area (Å²) in [4.78, 5) is 51.5. The first kappa shape index (κ1) is 26.1. The number of nitrogens with one attached hydrogen (secondary N) is 4. The van der Waals surface area contributed by atoms with Crippen LogP contribution in [0.3, 0.4) is 0 Å². The van der Waals surface area contributed by atoms with Gasteiger partial charge in [-0.25, -0.2) is 28.0 Å². The first-order chi connectivity index (χ1) is 17.3. The Kier molecular flexibility index (Phi) is 8.90. The molecule has 14 nitrogen and oxygen atoms in total. The molecule has 1 aliphatic heterocycles. The maximum Gasteiger partial charge on any atom is 0.414 e. The van der Waals surface area contributed by atoms with Gasteiger partial charge < -0.3 is 30.7 Å². The number of halogens is 2. The highest BCUT2D eigenvalue weighted by Gasteiger charge is 2.33. The SMILES string of the molecule is COC(=O)NC[C@H]1CN(c2cc(F)c(NCCNC(=O)CNC(=O)Cn3cncn3)c(F)c2)C(=O)O1. The van der Waals surface area contributed by atoms with Gasteiger partial charge >= 0.3 is 12.2 Å². The highest BCUT2D eigenvalue weighted by molar-refractivity contribution is 5.90. The average Bonchev–Trinajstić information content (AvgIpc) is 3.49. The fourth-order valence-corrected chi connectivity index (χ4v) is 3.14. The van der Waals surface area contributed by atoms with Gasteiger partial charge in [-0.1, -0.05) is 0 Å². The predicted octanol–water partition coefficient (Wildman–Crippen LogP) is -0.418. The molecule has 1 aliphatic rings. The molecule has 1 aromatic heterocycles. The largest absolute Gasteiger partial charge is 0.453 e. The summed E-state index contributed by atoms with van der Waals surface area (Å²) >= 11 is 0. The quantitative estimate of drug-likeness (QED) is 0.293. The molecule has 0 saturated carbocycles. The minimum atomic E-state index is -0.958. The normalized spacial score (nSPS) is 14.7. The molecule has 2 aromatic rings. The summed E-state index contributed by atoms with van der Waals surface area (Å²) < 4.78 is 39.9. The molecule has 0 aliphatic carbocycles. The van der Waals surface area contributed by atoms with E-state index >= 15 is 0 Å². The predicted molar refractivity (Wildman–Crippen MR) is 119 cm³/mol. The Morgan fingerprint density at radius 1 is 1.14 bits per heavy atom. The number of hydrogen-bond acceptors (Lipinski definition) is 9. The van der Waals surface area contributed by atoms with Crippen molar-refractivity contribution in [3.63, 3.8) is 0 Å². The zero-order valence-electron chi connectivity index (χ0n) is 19.1. The van der Waals surface area contributed by atoms with E-state index in [9.17, 15) is 28.0 Å². The maximum atomic E-state index is 14.5. The molecule has 1 saturated heterocycles. The third-order valence-electron chi connectivity index (χ3n) is 4.84. The second-order valence-electron chi connectivity index (χ2n) is 7.42. The first-order valence-corrected chi connectivity index (χ1v) is 10.7. The van der Waals surface area contributed by atoms with Crippen molar-refractivity contribution in [2.45, 2.75) is 12.6 Å². The highest BCUT2D eigenvalue weighted by atomic mass is 19.1. The van der Waals surface area contributed by atoms with Gasteiger partial charge in [0, 0.05) is 25.2 Å². The van der Waals surface area contributed by atoms with Crippen LogP contribution in [0.5, 0.6) is 0 Å². The molecule has 2 heterocycles. The van der Waals surface area contributed by atoms with Gasteiger partial charge in [-0.05, 0) is 0 Å². The molecule has 36 heavy (non-hydrogen) atoms. The molecule has 0 radical (unpaired) electrons. The summed E-state index contributed by atoms with van der Waals surface area (Å²) in [7, 11) is 1.18. The van der Waals surface area contributed by atoms with Gasteiger partial charge in [-0.2, -0.15) is 5.10 Å². The minimum Gasteiger partial charge on any atom is -0.453 e. The molecule has 3 rings (SSSR count). The van der Waals surface area contributed by atoms with Crippen molar-refractivity contribution in [3.05, 3.63) is 36.4 Å². The molecule has 1 atom stereocenters. The van der Waals surface area contributed by atoms with E-state index in [-0.39, 0.29) is 45.0 Å². The Morgan fingerprint density at radius 3 is 2.56 bits per heavy atom. The van der Waals surface area contributed by atoms with Crippen molar-refractivity contribution < 1.29 is 37.4 Å². The molecule has 4 N–H and O–H groups in total. The van der Waals surface area contributed by atoms with Crippen LogP contribution < -0.4 is 26.2 Å². The zero-order chi connectivity index (χ0) is 26.1. The van der Waals surface area contributed by atoms with Crippen molar-refractivity contribution in [1.82, 2.24) is 30.7 Å². The molecule has 0 bridgehead atoms. The van der Waals surface area contributed by atoms with E-state index in [2.05, 4.69) is 36.1 Å². The topological polar surface area (TPSA) is 169 Å². The van der Waals surface area contributed by atoms with Crippen LogP contribution in [0.1, 0.15) is 0 Å². The lowest BCUT2D eigenvalue weighted by Gasteiger charge is -2.16. The van der Waals surface area contributed by atoms with E-state index in [1.54, 1.807) is 0 Å². The van der Waals surface area contributed by atoms with E-state index in [1.807, 2.05) is 0 Å². The number of methoxy groups -OCH3 is 1. The van der Waals surface area contributed by atoms with E-state index in [0.29, 0.717) is 0 Å². The van der Waals surface area contributed by atoms with Gasteiger partial charge in [0.1, 0.15) is 31.0 Å². The minimum absolute atomic E-state index is 0.0150. The van der Waals surface area contributed by atoms with Crippen molar-refractivity contribution in [3.8, 4) is 0 Å². The Hall–Kier alpha value is -4.50. The van der Waals surface area contributed by atoms with Crippen LogP contribution in [0.15, 0.2) is 24.8 Å². The monoisotopic (exact) mass is 510 g/mol. The number of amides is 4. The summed E-state index contributed by atoms with van der Waals surface area (Å²) in [5.74, 6) is -2.85. The molecule has 0 unspecified atom stereocenters. The van der Waals surface area contributed by atoms with E-state index in [4.69, 9.17) is 4.74 Å². The Bertz CT molecular complexity index is 1080. The van der Waals surface area contributed by atoms with Crippen LogP contribution in [0, 0.1) is 11.6 Å². The van der Waals surface area contributed by atoms with Crippen LogP contribution >= 0.6 is 0 Å². The standard InChI is InChI=1S/C20H24F2N8O6/c1-35-19(33)27-6-13-8-30(20(34)36-13)12-4-14(21)18(15(22)5-12)25-3-2-24-16(31)7-26-17(32)9-29-11-23-10-28-29/h4-5,10-11,13,25H,2-3,6-9H2,1H3,(H,24,31)(H,26,32)(H,27,33)/t13-/m0/s1. The highest BCUT2D eigenvalue weighted by Crippen LogP contribution is 2.28. The molecule has 1 aromatic carbocycles. The summed E-state index contributed by atoms with van der Waals surface area (Å²) in [6.45, 7) is -0.437. The lowest BCUT2D eigenvalue weighted by molar-refractivity contribution is -0.126. The molecular weight excluding hydrogens is 486 g/mol. The number of hydrogen-bond donors (Lipinski definition) is 4. The zero-order valence-corrected chi connectivity index (χ0v) is 19.1. The second-order valence-corrected chi connectivity index (χ2v) is 7.42. The van der Waals surface area contributed by atoms with Crippen LogP contribution in [0.25, 0.3) is 0 Å². The molecule has 0 spiro atoms. The second kappa shape index (κ2) is 12.3. The Morgan fingerprint density at radius 2 is 1.89 bits per heavy atom. The summed E-state index contributed by atoms with van der Waals surface area (Å²) in [6, 6.07) is 1.93. The van der Waals surface area contributed by atoms with Gasteiger partial charge in [0.2, 0.25) is 11.8 Å². The van der Waals surface area contributed by atoms with E-state index in [0.717, 1.165) is 17.0 Å². The number of carbonyl (C=O) groups is 4. The van der Waals surface area contributed by atoms with E-state index < -0.39 is 47.4 Å². The summed E-state index contributed by atoms with van der Waals surface area (Å²) in [5.41, 5.74) is -0.498. The van der Waals surface area contributed by atoms with Gasteiger partial charge in [-0.3, -0.25) is 14.5 Å². The fraction of sp³-hybridized carbons (Fsp3) is 0.400.